The monoisotopic (exact) mass is 361 g/mol. The molecule has 0 fully saturated rings. The molecule has 0 heterocycles. The Morgan fingerprint density at radius 1 is 1.14 bits per heavy atom. The first kappa shape index (κ1) is 16.6. The normalized spacial score (nSPS) is 10.3. The number of rotatable bonds is 6. The summed E-state index contributed by atoms with van der Waals surface area (Å²) in [4.78, 5) is 11.9. The van der Waals surface area contributed by atoms with Crippen LogP contribution in [0.5, 0.6) is 5.75 Å². The Morgan fingerprint density at radius 3 is 2.59 bits per heavy atom. The smallest absolute Gasteiger partial charge is 0.224 e. The van der Waals surface area contributed by atoms with Gasteiger partial charge < -0.3 is 10.1 Å². The Labute approximate surface area is 139 Å². The number of hydrogen-bond donors (Lipinski definition) is 1. The van der Waals surface area contributed by atoms with Gasteiger partial charge in [-0.05, 0) is 48.7 Å². The maximum atomic E-state index is 11.9. The quantitative estimate of drug-likeness (QED) is 0.794. The summed E-state index contributed by atoms with van der Waals surface area (Å²) in [6.45, 7) is 5.07. The first-order valence-corrected chi connectivity index (χ1v) is 8.05. The second-order valence-electron chi connectivity index (χ2n) is 5.20. The maximum absolute atomic E-state index is 11.9. The van der Waals surface area contributed by atoms with Gasteiger partial charge in [0.1, 0.15) is 12.4 Å². The van der Waals surface area contributed by atoms with Crippen LogP contribution in [0.2, 0.25) is 0 Å². The molecule has 116 valence electrons. The van der Waals surface area contributed by atoms with Crippen LogP contribution in [-0.2, 0) is 11.2 Å². The molecule has 0 saturated heterocycles. The van der Waals surface area contributed by atoms with E-state index in [1.54, 1.807) is 0 Å². The Balaban J connectivity index is 1.73. The lowest BCUT2D eigenvalue weighted by atomic mass is 10.1. The van der Waals surface area contributed by atoms with Crippen molar-refractivity contribution < 1.29 is 9.53 Å². The third-order valence-corrected chi connectivity index (χ3v) is 4.04. The number of benzene rings is 2. The molecule has 0 spiro atoms. The summed E-state index contributed by atoms with van der Waals surface area (Å²) in [5, 5.41) is 2.87. The van der Waals surface area contributed by atoms with Gasteiger partial charge in [0.25, 0.3) is 0 Å². The van der Waals surface area contributed by atoms with E-state index in [1.807, 2.05) is 43.3 Å². The molecule has 0 atom stereocenters. The van der Waals surface area contributed by atoms with Crippen molar-refractivity contribution in [3.05, 3.63) is 63.6 Å². The highest BCUT2D eigenvalue weighted by atomic mass is 79.9. The highest BCUT2D eigenvalue weighted by Crippen LogP contribution is 2.20. The van der Waals surface area contributed by atoms with Crippen LogP contribution in [0.15, 0.2) is 46.9 Å². The van der Waals surface area contributed by atoms with Gasteiger partial charge in [0.15, 0.2) is 0 Å². The molecule has 1 N–H and O–H groups in total. The number of amides is 1. The van der Waals surface area contributed by atoms with Crippen molar-refractivity contribution in [1.29, 1.82) is 0 Å². The number of hydrogen-bond acceptors (Lipinski definition) is 2. The van der Waals surface area contributed by atoms with Crippen LogP contribution in [0.25, 0.3) is 0 Å². The molecule has 0 aliphatic carbocycles. The van der Waals surface area contributed by atoms with Crippen LogP contribution < -0.4 is 10.1 Å². The third-order valence-electron chi connectivity index (χ3n) is 3.51. The van der Waals surface area contributed by atoms with Gasteiger partial charge in [0.05, 0.1) is 13.0 Å². The molecule has 0 saturated carbocycles. The summed E-state index contributed by atoms with van der Waals surface area (Å²) in [6, 6.07) is 13.7. The summed E-state index contributed by atoms with van der Waals surface area (Å²) in [5.41, 5.74) is 3.34. The van der Waals surface area contributed by atoms with Crippen LogP contribution >= 0.6 is 15.9 Å². The molecule has 0 bridgehead atoms. The zero-order valence-corrected chi connectivity index (χ0v) is 14.4. The van der Waals surface area contributed by atoms with Gasteiger partial charge in [-0.25, -0.2) is 0 Å². The van der Waals surface area contributed by atoms with Crippen LogP contribution in [-0.4, -0.2) is 19.1 Å². The summed E-state index contributed by atoms with van der Waals surface area (Å²) in [6.07, 6.45) is 0.386. The molecule has 2 rings (SSSR count). The predicted molar refractivity (Wildman–Crippen MR) is 92.3 cm³/mol. The van der Waals surface area contributed by atoms with Crippen molar-refractivity contribution in [2.75, 3.05) is 13.2 Å². The van der Waals surface area contributed by atoms with E-state index < -0.39 is 0 Å². The molecule has 0 aromatic heterocycles. The average molecular weight is 362 g/mol. The minimum atomic E-state index is 0.00638. The van der Waals surface area contributed by atoms with Gasteiger partial charge in [-0.2, -0.15) is 0 Å². The lowest BCUT2D eigenvalue weighted by Gasteiger charge is -2.11. The molecule has 22 heavy (non-hydrogen) atoms. The minimum Gasteiger partial charge on any atom is -0.491 e. The van der Waals surface area contributed by atoms with Crippen LogP contribution in [0, 0.1) is 13.8 Å². The molecule has 0 radical (unpaired) electrons. The highest BCUT2D eigenvalue weighted by molar-refractivity contribution is 9.10. The number of halogens is 1. The van der Waals surface area contributed by atoms with Gasteiger partial charge >= 0.3 is 0 Å². The molecule has 4 heteroatoms. The number of aryl methyl sites for hydroxylation is 1. The molecular formula is C18H20BrNO2. The molecule has 0 unspecified atom stereocenters. The van der Waals surface area contributed by atoms with Gasteiger partial charge in [-0.15, -0.1) is 0 Å². The van der Waals surface area contributed by atoms with Crippen molar-refractivity contribution in [2.24, 2.45) is 0 Å². The average Bonchev–Trinajstić information content (AvgIpc) is 2.50. The second-order valence-corrected chi connectivity index (χ2v) is 6.12. The van der Waals surface area contributed by atoms with Crippen molar-refractivity contribution in [1.82, 2.24) is 5.32 Å². The number of carbonyl (C=O) groups excluding carboxylic acids is 1. The summed E-state index contributed by atoms with van der Waals surface area (Å²) in [7, 11) is 0. The Bertz CT molecular complexity index is 638. The SMILES string of the molecule is Cc1cccc(OCCNC(=O)Cc2ccc(Br)cc2)c1C. The van der Waals surface area contributed by atoms with Gasteiger partial charge in [-0.1, -0.05) is 40.2 Å². The summed E-state index contributed by atoms with van der Waals surface area (Å²) < 4.78 is 6.73. The van der Waals surface area contributed by atoms with E-state index in [-0.39, 0.29) is 5.91 Å². The Morgan fingerprint density at radius 2 is 1.86 bits per heavy atom. The zero-order valence-electron chi connectivity index (χ0n) is 12.9. The predicted octanol–water partition coefficient (Wildman–Crippen LogP) is 3.80. The largest absolute Gasteiger partial charge is 0.491 e. The van der Waals surface area contributed by atoms with E-state index in [0.29, 0.717) is 19.6 Å². The van der Waals surface area contributed by atoms with Crippen molar-refractivity contribution in [2.45, 2.75) is 20.3 Å². The van der Waals surface area contributed by atoms with Gasteiger partial charge in [-0.3, -0.25) is 4.79 Å². The zero-order chi connectivity index (χ0) is 15.9. The van der Waals surface area contributed by atoms with E-state index in [0.717, 1.165) is 21.3 Å². The minimum absolute atomic E-state index is 0.00638. The van der Waals surface area contributed by atoms with Crippen molar-refractivity contribution in [3.63, 3.8) is 0 Å². The standard InChI is InChI=1S/C18H20BrNO2/c1-13-4-3-5-17(14(13)2)22-11-10-20-18(21)12-15-6-8-16(19)9-7-15/h3-9H,10-12H2,1-2H3,(H,20,21). The first-order valence-electron chi connectivity index (χ1n) is 7.26. The fourth-order valence-corrected chi connectivity index (χ4v) is 2.35. The van der Waals surface area contributed by atoms with Gasteiger partial charge in [0.2, 0.25) is 5.91 Å². The fourth-order valence-electron chi connectivity index (χ4n) is 2.08. The van der Waals surface area contributed by atoms with E-state index in [1.165, 1.54) is 5.56 Å². The van der Waals surface area contributed by atoms with E-state index in [9.17, 15) is 4.79 Å². The van der Waals surface area contributed by atoms with Crippen LogP contribution in [0.3, 0.4) is 0 Å². The van der Waals surface area contributed by atoms with Crippen molar-refractivity contribution >= 4 is 21.8 Å². The number of nitrogens with one attached hydrogen (secondary N) is 1. The molecule has 2 aromatic rings. The first-order chi connectivity index (χ1) is 10.6. The summed E-state index contributed by atoms with van der Waals surface area (Å²) in [5.74, 6) is 0.883. The molecular weight excluding hydrogens is 342 g/mol. The molecule has 3 nitrogen and oxygen atoms in total. The lowest BCUT2D eigenvalue weighted by molar-refractivity contribution is -0.120. The fraction of sp³-hybridized carbons (Fsp3) is 0.278. The molecule has 0 aliphatic rings. The van der Waals surface area contributed by atoms with Crippen LogP contribution in [0.4, 0.5) is 0 Å². The molecule has 0 aliphatic heterocycles. The highest BCUT2D eigenvalue weighted by Gasteiger charge is 2.04. The van der Waals surface area contributed by atoms with Crippen LogP contribution in [0.1, 0.15) is 16.7 Å². The summed E-state index contributed by atoms with van der Waals surface area (Å²) >= 11 is 3.38. The Kier molecular flexibility index (Phi) is 6.01. The molecule has 2 aromatic carbocycles. The topological polar surface area (TPSA) is 38.3 Å². The van der Waals surface area contributed by atoms with Crippen molar-refractivity contribution in [3.8, 4) is 5.75 Å². The Hall–Kier alpha value is -1.81. The maximum Gasteiger partial charge on any atom is 0.224 e. The number of carbonyl (C=O) groups is 1. The second kappa shape index (κ2) is 7.99. The third kappa shape index (κ3) is 4.88. The van der Waals surface area contributed by atoms with E-state index >= 15 is 0 Å². The molecule has 1 amide bonds. The lowest BCUT2D eigenvalue weighted by Crippen LogP contribution is -2.29. The van der Waals surface area contributed by atoms with E-state index in [2.05, 4.69) is 34.2 Å². The van der Waals surface area contributed by atoms with E-state index in [4.69, 9.17) is 4.74 Å². The van der Waals surface area contributed by atoms with Gasteiger partial charge in [0, 0.05) is 4.47 Å². The number of ether oxygens (including phenoxy) is 1.